The maximum Gasteiger partial charge on any atom is 0.410 e. The maximum absolute atomic E-state index is 12.1. The molecule has 1 amide bonds. The maximum atomic E-state index is 12.1. The van der Waals surface area contributed by atoms with Crippen LogP contribution in [-0.4, -0.2) is 71.8 Å². The smallest absolute Gasteiger partial charge is 0.410 e. The van der Waals surface area contributed by atoms with Crippen LogP contribution in [0.15, 0.2) is 30.3 Å². The van der Waals surface area contributed by atoms with Crippen molar-refractivity contribution in [3.8, 4) is 0 Å². The summed E-state index contributed by atoms with van der Waals surface area (Å²) in [6.07, 6.45) is -0.309. The second-order valence-corrected chi connectivity index (χ2v) is 7.00. The molecule has 1 saturated heterocycles. The average molecular weight is 380 g/mol. The van der Waals surface area contributed by atoms with Crippen LogP contribution in [0.25, 0.3) is 0 Å². The van der Waals surface area contributed by atoms with Crippen LogP contribution in [-0.2, 0) is 25.7 Å². The third kappa shape index (κ3) is 9.60. The van der Waals surface area contributed by atoms with Crippen molar-refractivity contribution in [1.29, 1.82) is 0 Å². The van der Waals surface area contributed by atoms with Gasteiger partial charge in [0.25, 0.3) is 6.47 Å². The van der Waals surface area contributed by atoms with Crippen LogP contribution in [0.5, 0.6) is 0 Å². The molecule has 1 heterocycles. The number of benzene rings is 1. The monoisotopic (exact) mass is 380 g/mol. The van der Waals surface area contributed by atoms with E-state index in [-0.39, 0.29) is 31.7 Å². The predicted molar refractivity (Wildman–Crippen MR) is 99.2 cm³/mol. The molecule has 1 aromatic carbocycles. The molecule has 0 aromatic heterocycles. The summed E-state index contributed by atoms with van der Waals surface area (Å²) in [5, 5.41) is 6.89. The average Bonchev–Trinajstić information content (AvgIpc) is 2.60. The fourth-order valence-electron chi connectivity index (χ4n) is 2.46. The van der Waals surface area contributed by atoms with Gasteiger partial charge in [0.15, 0.2) is 0 Å². The lowest BCUT2D eigenvalue weighted by Gasteiger charge is -2.34. The number of hydrogen-bond acceptors (Lipinski definition) is 6. The van der Waals surface area contributed by atoms with E-state index >= 15 is 0 Å². The molecule has 0 radical (unpaired) electrons. The number of carbonyl (C=O) groups excluding carboxylic acids is 2. The Balaban J connectivity index is 0.00000114. The normalized spacial score (nSPS) is 14.6. The number of nitrogens with zero attached hydrogens (tertiary/aromatic N) is 2. The lowest BCUT2D eigenvalue weighted by atomic mass is 10.2. The van der Waals surface area contributed by atoms with Gasteiger partial charge in [0, 0.05) is 26.2 Å². The second kappa shape index (κ2) is 11.2. The number of ether oxygens (including phenoxy) is 2. The molecule has 1 aliphatic rings. The summed E-state index contributed by atoms with van der Waals surface area (Å²) in [4.78, 5) is 35.9. The summed E-state index contributed by atoms with van der Waals surface area (Å²) in [5.74, 6) is -0.234. The lowest BCUT2D eigenvalue weighted by molar-refractivity contribution is -0.156. The first-order valence-electron chi connectivity index (χ1n) is 8.73. The van der Waals surface area contributed by atoms with E-state index in [2.05, 4.69) is 0 Å². The van der Waals surface area contributed by atoms with Crippen molar-refractivity contribution >= 4 is 18.5 Å². The molecule has 0 atom stereocenters. The highest BCUT2D eigenvalue weighted by molar-refractivity contribution is 5.72. The van der Waals surface area contributed by atoms with Crippen molar-refractivity contribution in [2.45, 2.75) is 33.0 Å². The van der Waals surface area contributed by atoms with Gasteiger partial charge in [-0.1, -0.05) is 30.3 Å². The Morgan fingerprint density at radius 1 is 1.11 bits per heavy atom. The van der Waals surface area contributed by atoms with Crippen LogP contribution in [0, 0.1) is 0 Å². The third-order valence-electron chi connectivity index (χ3n) is 3.61. The summed E-state index contributed by atoms with van der Waals surface area (Å²) in [7, 11) is 0. The van der Waals surface area contributed by atoms with E-state index in [0.717, 1.165) is 5.56 Å². The van der Waals surface area contributed by atoms with Crippen LogP contribution >= 0.6 is 0 Å². The van der Waals surface area contributed by atoms with E-state index in [0.29, 0.717) is 26.2 Å². The Bertz CT molecular complexity index is 592. The predicted octanol–water partition coefficient (Wildman–Crippen LogP) is 1.98. The molecule has 1 fully saturated rings. The third-order valence-corrected chi connectivity index (χ3v) is 3.61. The van der Waals surface area contributed by atoms with Gasteiger partial charge in [-0.25, -0.2) is 4.79 Å². The van der Waals surface area contributed by atoms with Crippen LogP contribution in [0.1, 0.15) is 26.3 Å². The number of esters is 1. The molecule has 8 heteroatoms. The zero-order valence-corrected chi connectivity index (χ0v) is 16.1. The molecule has 1 aromatic rings. The van der Waals surface area contributed by atoms with Crippen molar-refractivity contribution < 1.29 is 29.0 Å². The van der Waals surface area contributed by atoms with E-state index in [9.17, 15) is 9.59 Å². The fraction of sp³-hybridized carbons (Fsp3) is 0.526. The quantitative estimate of drug-likeness (QED) is 0.630. The minimum atomic E-state index is -0.472. The Kier molecular flexibility index (Phi) is 9.29. The van der Waals surface area contributed by atoms with Gasteiger partial charge in [-0.3, -0.25) is 14.5 Å². The zero-order valence-electron chi connectivity index (χ0n) is 16.1. The van der Waals surface area contributed by atoms with Crippen molar-refractivity contribution in [2.24, 2.45) is 0 Å². The first-order valence-corrected chi connectivity index (χ1v) is 8.73. The summed E-state index contributed by atoms with van der Waals surface area (Å²) < 4.78 is 10.6. The SMILES string of the molecule is CC(C)(C)OC(=O)CN1CCN(C(=O)OCc2ccccc2)CC1.O=CO. The minimum Gasteiger partial charge on any atom is -0.483 e. The van der Waals surface area contributed by atoms with Crippen LogP contribution in [0.3, 0.4) is 0 Å². The molecule has 150 valence electrons. The largest absolute Gasteiger partial charge is 0.483 e. The van der Waals surface area contributed by atoms with E-state index in [1.54, 1.807) is 4.90 Å². The van der Waals surface area contributed by atoms with Gasteiger partial charge < -0.3 is 19.5 Å². The van der Waals surface area contributed by atoms with Gasteiger partial charge in [0.05, 0.1) is 6.54 Å². The molecule has 1 aliphatic heterocycles. The summed E-state index contributed by atoms with van der Waals surface area (Å²) in [6.45, 7) is 8.22. The molecule has 0 bridgehead atoms. The van der Waals surface area contributed by atoms with Gasteiger partial charge in [-0.05, 0) is 26.3 Å². The standard InChI is InChI=1S/C18H26N2O4.CH2O2/c1-18(2,3)24-16(21)13-19-9-11-20(12-10-19)17(22)23-14-15-7-5-4-6-8-15;2-1-3/h4-8H,9-14H2,1-3H3;1H,(H,2,3). The number of carboxylic acid groups (broad SMARTS) is 1. The van der Waals surface area contributed by atoms with Crippen molar-refractivity contribution in [2.75, 3.05) is 32.7 Å². The van der Waals surface area contributed by atoms with E-state index in [1.807, 2.05) is 56.0 Å². The van der Waals surface area contributed by atoms with E-state index in [1.165, 1.54) is 0 Å². The highest BCUT2D eigenvalue weighted by Gasteiger charge is 2.25. The van der Waals surface area contributed by atoms with Crippen molar-refractivity contribution in [3.05, 3.63) is 35.9 Å². The highest BCUT2D eigenvalue weighted by atomic mass is 16.6. The summed E-state index contributed by atoms with van der Waals surface area (Å²) >= 11 is 0. The van der Waals surface area contributed by atoms with Gasteiger partial charge in [0.1, 0.15) is 12.2 Å². The summed E-state index contributed by atoms with van der Waals surface area (Å²) in [6, 6.07) is 9.60. The Hall–Kier alpha value is -2.61. The molecular formula is C19H28N2O6. The molecule has 27 heavy (non-hydrogen) atoms. The van der Waals surface area contributed by atoms with Crippen LogP contribution < -0.4 is 0 Å². The topological polar surface area (TPSA) is 96.4 Å². The second-order valence-electron chi connectivity index (χ2n) is 7.00. The Morgan fingerprint density at radius 3 is 2.19 bits per heavy atom. The first kappa shape index (κ1) is 22.4. The lowest BCUT2D eigenvalue weighted by Crippen LogP contribution is -2.50. The Labute approximate surface area is 159 Å². The highest BCUT2D eigenvalue weighted by Crippen LogP contribution is 2.10. The molecule has 2 rings (SSSR count). The van der Waals surface area contributed by atoms with E-state index < -0.39 is 5.60 Å². The number of hydrogen-bond donors (Lipinski definition) is 1. The molecule has 0 spiro atoms. The zero-order chi connectivity index (χ0) is 20.3. The summed E-state index contributed by atoms with van der Waals surface area (Å²) in [5.41, 5.74) is 0.495. The molecule has 0 aliphatic carbocycles. The number of piperazine rings is 1. The van der Waals surface area contributed by atoms with E-state index in [4.69, 9.17) is 19.4 Å². The fourth-order valence-corrected chi connectivity index (χ4v) is 2.46. The molecular weight excluding hydrogens is 352 g/mol. The van der Waals surface area contributed by atoms with Crippen LogP contribution in [0.4, 0.5) is 4.79 Å². The molecule has 1 N–H and O–H groups in total. The number of carbonyl (C=O) groups is 3. The molecule has 8 nitrogen and oxygen atoms in total. The Morgan fingerprint density at radius 2 is 1.67 bits per heavy atom. The van der Waals surface area contributed by atoms with Gasteiger partial charge in [-0.15, -0.1) is 0 Å². The van der Waals surface area contributed by atoms with Crippen molar-refractivity contribution in [1.82, 2.24) is 9.80 Å². The molecule has 0 unspecified atom stereocenters. The number of rotatable bonds is 4. The van der Waals surface area contributed by atoms with Gasteiger partial charge in [0.2, 0.25) is 0 Å². The van der Waals surface area contributed by atoms with Crippen molar-refractivity contribution in [3.63, 3.8) is 0 Å². The number of amides is 1. The first-order chi connectivity index (χ1) is 12.7. The minimum absolute atomic E-state index is 0.234. The van der Waals surface area contributed by atoms with Gasteiger partial charge in [-0.2, -0.15) is 0 Å². The van der Waals surface area contributed by atoms with Gasteiger partial charge >= 0.3 is 12.1 Å². The molecule has 0 saturated carbocycles. The van der Waals surface area contributed by atoms with Crippen LogP contribution in [0.2, 0.25) is 0 Å².